The van der Waals surface area contributed by atoms with Crippen LogP contribution >= 0.6 is 0 Å². The van der Waals surface area contributed by atoms with Crippen LogP contribution in [-0.2, 0) is 14.0 Å². The molecule has 0 aliphatic heterocycles. The van der Waals surface area contributed by atoms with E-state index >= 15 is 0 Å². The average Bonchev–Trinajstić information content (AvgIpc) is 2.23. The third-order valence-electron chi connectivity index (χ3n) is 2.37. The van der Waals surface area contributed by atoms with Crippen LogP contribution in [0.4, 0.5) is 0 Å². The van der Waals surface area contributed by atoms with Gasteiger partial charge in [0.25, 0.3) is 0 Å². The predicted octanol–water partition coefficient (Wildman–Crippen LogP) is 3.29. The van der Waals surface area contributed by atoms with E-state index in [1.807, 2.05) is 6.92 Å². The van der Waals surface area contributed by atoms with Crippen LogP contribution in [0.25, 0.3) is 0 Å². The van der Waals surface area contributed by atoms with E-state index in [4.69, 9.17) is 9.16 Å². The monoisotopic (exact) mass is 256 g/mol. The van der Waals surface area contributed by atoms with Gasteiger partial charge in [-0.2, -0.15) is 0 Å². The number of hydrogen-bond acceptors (Lipinski definition) is 3. The van der Waals surface area contributed by atoms with Gasteiger partial charge in [-0.1, -0.05) is 12.2 Å². The van der Waals surface area contributed by atoms with E-state index in [9.17, 15) is 4.79 Å². The predicted molar refractivity (Wildman–Crippen MR) is 73.4 cm³/mol. The van der Waals surface area contributed by atoms with Gasteiger partial charge in [0, 0.05) is 6.08 Å². The highest BCUT2D eigenvalue weighted by Crippen LogP contribution is 2.16. The number of allylic oxidation sites excluding steroid dienone is 1. The first kappa shape index (κ1) is 16.1. The van der Waals surface area contributed by atoms with Crippen molar-refractivity contribution in [1.82, 2.24) is 0 Å². The first-order valence-corrected chi connectivity index (χ1v) is 9.06. The minimum Gasteiger partial charge on any atom is -0.460 e. The van der Waals surface area contributed by atoms with Crippen LogP contribution in [0.5, 0.6) is 0 Å². The molecule has 3 nitrogen and oxygen atoms in total. The van der Waals surface area contributed by atoms with Gasteiger partial charge in [0.1, 0.15) is 6.61 Å². The second-order valence-corrected chi connectivity index (χ2v) is 9.10. The van der Waals surface area contributed by atoms with Gasteiger partial charge < -0.3 is 9.16 Å². The minimum atomic E-state index is -1.61. The van der Waals surface area contributed by atoms with Gasteiger partial charge in [0.2, 0.25) is 0 Å². The summed E-state index contributed by atoms with van der Waals surface area (Å²) in [7, 11) is -1.61. The molecule has 0 saturated carbocycles. The molecule has 0 spiro atoms. The lowest BCUT2D eigenvalue weighted by atomic mass is 10.2. The quantitative estimate of drug-likeness (QED) is 0.209. The molecular formula is C13H24O3Si. The van der Waals surface area contributed by atoms with Gasteiger partial charge in [-0.3, -0.25) is 0 Å². The molecule has 0 aliphatic carbocycles. The standard InChI is InChI=1S/C13H24O3Si/c1-6-13(14)15-9-10-16-17(4,5)11-7-8-12(2)3/h6H,1-2,7-11H2,3-5H3. The zero-order valence-corrected chi connectivity index (χ0v) is 12.3. The van der Waals surface area contributed by atoms with Gasteiger partial charge >= 0.3 is 5.97 Å². The molecule has 0 unspecified atom stereocenters. The third kappa shape index (κ3) is 10.0. The Labute approximate surface area is 106 Å². The smallest absolute Gasteiger partial charge is 0.330 e. The molecule has 0 heterocycles. The van der Waals surface area contributed by atoms with Gasteiger partial charge in [-0.15, -0.1) is 6.58 Å². The fourth-order valence-electron chi connectivity index (χ4n) is 1.41. The minimum absolute atomic E-state index is 0.307. The second-order valence-electron chi connectivity index (χ2n) is 4.79. The summed E-state index contributed by atoms with van der Waals surface area (Å²) >= 11 is 0. The van der Waals surface area contributed by atoms with Crippen LogP contribution < -0.4 is 0 Å². The van der Waals surface area contributed by atoms with E-state index in [0.717, 1.165) is 25.0 Å². The van der Waals surface area contributed by atoms with Crippen molar-refractivity contribution in [3.63, 3.8) is 0 Å². The summed E-state index contributed by atoms with van der Waals surface area (Å²) in [6.45, 7) is 14.4. The van der Waals surface area contributed by atoms with Gasteiger partial charge in [-0.25, -0.2) is 4.79 Å². The SMILES string of the molecule is C=CC(=O)OCCO[Si](C)(C)CCCC(=C)C. The molecule has 0 fully saturated rings. The Morgan fingerprint density at radius 1 is 1.35 bits per heavy atom. The molecule has 0 atom stereocenters. The van der Waals surface area contributed by atoms with Crippen molar-refractivity contribution in [3.8, 4) is 0 Å². The average molecular weight is 256 g/mol. The molecule has 0 rings (SSSR count). The van der Waals surface area contributed by atoms with Crippen molar-refractivity contribution >= 4 is 14.3 Å². The van der Waals surface area contributed by atoms with Gasteiger partial charge in [0.15, 0.2) is 8.32 Å². The summed E-state index contributed by atoms with van der Waals surface area (Å²) in [6.07, 6.45) is 3.35. The first-order valence-electron chi connectivity index (χ1n) is 5.95. The molecule has 0 N–H and O–H groups in total. The number of ether oxygens (including phenoxy) is 1. The molecule has 0 saturated heterocycles. The fraction of sp³-hybridized carbons (Fsp3) is 0.615. The number of rotatable bonds is 9. The Hall–Kier alpha value is -0.873. The summed E-state index contributed by atoms with van der Waals surface area (Å²) < 4.78 is 10.7. The molecule has 17 heavy (non-hydrogen) atoms. The van der Waals surface area contributed by atoms with Crippen LogP contribution in [0.3, 0.4) is 0 Å². The molecule has 98 valence electrons. The van der Waals surface area contributed by atoms with Crippen molar-refractivity contribution in [1.29, 1.82) is 0 Å². The Balaban J connectivity index is 3.66. The van der Waals surface area contributed by atoms with Gasteiger partial charge in [-0.05, 0) is 38.9 Å². The van der Waals surface area contributed by atoms with Crippen molar-refractivity contribution in [2.45, 2.75) is 38.9 Å². The van der Waals surface area contributed by atoms with Crippen molar-refractivity contribution < 1.29 is 14.0 Å². The lowest BCUT2D eigenvalue weighted by Crippen LogP contribution is -2.31. The van der Waals surface area contributed by atoms with Crippen molar-refractivity contribution in [2.24, 2.45) is 0 Å². The first-order chi connectivity index (χ1) is 7.87. The van der Waals surface area contributed by atoms with Crippen LogP contribution in [-0.4, -0.2) is 27.5 Å². The Kier molecular flexibility index (Phi) is 7.83. The summed E-state index contributed by atoms with van der Waals surface area (Å²) in [5.41, 5.74) is 1.22. The molecular weight excluding hydrogens is 232 g/mol. The molecule has 0 bridgehead atoms. The summed E-state index contributed by atoms with van der Waals surface area (Å²) in [4.78, 5) is 10.8. The molecule has 0 amide bonds. The molecule has 0 radical (unpaired) electrons. The highest BCUT2D eigenvalue weighted by Gasteiger charge is 2.21. The Morgan fingerprint density at radius 2 is 2.00 bits per heavy atom. The Morgan fingerprint density at radius 3 is 2.53 bits per heavy atom. The Bertz CT molecular complexity index is 272. The lowest BCUT2D eigenvalue weighted by Gasteiger charge is -2.22. The molecule has 0 aliphatic rings. The zero-order valence-electron chi connectivity index (χ0n) is 11.3. The molecule has 0 aromatic heterocycles. The number of carbonyl (C=O) groups is 1. The zero-order chi connectivity index (χ0) is 13.3. The molecule has 0 aromatic carbocycles. The van der Waals surface area contributed by atoms with E-state index in [-0.39, 0.29) is 0 Å². The van der Waals surface area contributed by atoms with E-state index < -0.39 is 14.3 Å². The highest BCUT2D eigenvalue weighted by atomic mass is 28.4. The van der Waals surface area contributed by atoms with Crippen LogP contribution in [0.15, 0.2) is 24.8 Å². The summed E-state index contributed by atoms with van der Waals surface area (Å²) in [5, 5.41) is 0. The summed E-state index contributed by atoms with van der Waals surface area (Å²) in [5.74, 6) is -0.393. The van der Waals surface area contributed by atoms with Crippen LogP contribution in [0, 0.1) is 0 Å². The maximum Gasteiger partial charge on any atom is 0.330 e. The van der Waals surface area contributed by atoms with E-state index in [1.165, 1.54) is 5.57 Å². The maximum absolute atomic E-state index is 10.8. The number of hydrogen-bond donors (Lipinski definition) is 0. The maximum atomic E-state index is 10.8. The topological polar surface area (TPSA) is 35.5 Å². The van der Waals surface area contributed by atoms with E-state index in [2.05, 4.69) is 26.3 Å². The second kappa shape index (κ2) is 8.25. The van der Waals surface area contributed by atoms with Crippen molar-refractivity contribution in [2.75, 3.05) is 13.2 Å². The molecule has 4 heteroatoms. The third-order valence-corrected chi connectivity index (χ3v) is 4.91. The lowest BCUT2D eigenvalue weighted by molar-refractivity contribution is -0.138. The van der Waals surface area contributed by atoms with Crippen LogP contribution in [0.1, 0.15) is 19.8 Å². The largest absolute Gasteiger partial charge is 0.460 e. The number of esters is 1. The highest BCUT2D eigenvalue weighted by molar-refractivity contribution is 6.71. The van der Waals surface area contributed by atoms with E-state index in [1.54, 1.807) is 0 Å². The van der Waals surface area contributed by atoms with Gasteiger partial charge in [0.05, 0.1) is 6.61 Å². The van der Waals surface area contributed by atoms with Crippen LogP contribution in [0.2, 0.25) is 19.1 Å². The fourth-order valence-corrected chi connectivity index (χ4v) is 3.22. The van der Waals surface area contributed by atoms with Crippen molar-refractivity contribution in [3.05, 3.63) is 24.8 Å². The molecule has 0 aromatic rings. The van der Waals surface area contributed by atoms with E-state index in [0.29, 0.717) is 13.2 Å². The normalized spacial score (nSPS) is 11.0. The number of carbonyl (C=O) groups excluding carboxylic acids is 1. The summed E-state index contributed by atoms with van der Waals surface area (Å²) in [6, 6.07) is 1.11.